The van der Waals surface area contributed by atoms with Crippen molar-refractivity contribution in [2.24, 2.45) is 5.92 Å². The Balaban J connectivity index is 1.16. The number of likely N-dealkylation sites (tertiary alicyclic amines) is 1. The van der Waals surface area contributed by atoms with Gasteiger partial charge in [0.2, 0.25) is 0 Å². The van der Waals surface area contributed by atoms with E-state index in [1.165, 1.54) is 5.56 Å². The zero-order valence-corrected chi connectivity index (χ0v) is 27.7. The van der Waals surface area contributed by atoms with Crippen molar-refractivity contribution in [3.05, 3.63) is 95.2 Å². The molecule has 5 rings (SSSR count). The number of carbonyl (C=O) groups is 2. The van der Waals surface area contributed by atoms with Crippen LogP contribution in [0.4, 0.5) is 16.3 Å². The van der Waals surface area contributed by atoms with E-state index in [4.69, 9.17) is 14.6 Å². The van der Waals surface area contributed by atoms with Gasteiger partial charge in [-0.25, -0.2) is 9.48 Å². The lowest BCUT2D eigenvalue weighted by Gasteiger charge is -2.31. The molecular formula is C37H45N5O4. The fourth-order valence-electron chi connectivity index (χ4n) is 5.77. The number of aryl methyl sites for hydroxylation is 1. The van der Waals surface area contributed by atoms with E-state index >= 15 is 0 Å². The Morgan fingerprint density at radius 2 is 1.65 bits per heavy atom. The lowest BCUT2D eigenvalue weighted by molar-refractivity contribution is 0.0892. The molecule has 2 heterocycles. The average molecular weight is 624 g/mol. The number of urea groups is 1. The van der Waals surface area contributed by atoms with Crippen LogP contribution in [0, 0.1) is 12.8 Å². The largest absolute Gasteiger partial charge is 0.497 e. The van der Waals surface area contributed by atoms with Gasteiger partial charge in [0.15, 0.2) is 5.78 Å². The van der Waals surface area contributed by atoms with Crippen LogP contribution >= 0.6 is 0 Å². The van der Waals surface area contributed by atoms with Gasteiger partial charge in [-0.15, -0.1) is 0 Å². The summed E-state index contributed by atoms with van der Waals surface area (Å²) in [6.45, 7) is 10.4. The maximum atomic E-state index is 13.2. The van der Waals surface area contributed by atoms with Gasteiger partial charge in [0.25, 0.3) is 0 Å². The van der Waals surface area contributed by atoms with Crippen molar-refractivity contribution in [3.63, 3.8) is 0 Å². The molecule has 242 valence electrons. The summed E-state index contributed by atoms with van der Waals surface area (Å²) in [6, 6.07) is 23.0. The van der Waals surface area contributed by atoms with Crippen LogP contribution in [-0.2, 0) is 11.8 Å². The second kappa shape index (κ2) is 14.2. The smallest absolute Gasteiger partial charge is 0.324 e. The van der Waals surface area contributed by atoms with Crippen LogP contribution < -0.4 is 20.1 Å². The number of rotatable bonds is 10. The topological polar surface area (TPSA) is 97.7 Å². The highest BCUT2D eigenvalue weighted by atomic mass is 16.5. The second-order valence-electron chi connectivity index (χ2n) is 13.1. The number of nitrogens with one attached hydrogen (secondary N) is 2. The molecule has 9 nitrogen and oxygen atoms in total. The van der Waals surface area contributed by atoms with Crippen molar-refractivity contribution < 1.29 is 19.1 Å². The molecule has 0 aliphatic carbocycles. The summed E-state index contributed by atoms with van der Waals surface area (Å²) in [5.74, 6) is 2.36. The Hall–Kier alpha value is -4.63. The van der Waals surface area contributed by atoms with Gasteiger partial charge in [-0.2, -0.15) is 5.10 Å². The van der Waals surface area contributed by atoms with Crippen LogP contribution in [0.1, 0.15) is 60.8 Å². The molecule has 1 aliphatic heterocycles. The van der Waals surface area contributed by atoms with E-state index in [2.05, 4.69) is 42.4 Å². The molecule has 0 unspecified atom stereocenters. The summed E-state index contributed by atoms with van der Waals surface area (Å²) in [6.07, 6.45) is 2.93. The Morgan fingerprint density at radius 1 is 0.913 bits per heavy atom. The molecule has 0 bridgehead atoms. The molecule has 2 amide bonds. The zero-order valence-electron chi connectivity index (χ0n) is 27.7. The van der Waals surface area contributed by atoms with E-state index in [1.54, 1.807) is 37.1 Å². The minimum absolute atomic E-state index is 0.0477. The number of piperidine rings is 1. The lowest BCUT2D eigenvalue weighted by atomic mass is 9.90. The number of ether oxygens (including phenoxy) is 2. The van der Waals surface area contributed by atoms with Crippen molar-refractivity contribution in [2.75, 3.05) is 44.5 Å². The molecule has 4 aromatic rings. The Morgan fingerprint density at radius 3 is 2.33 bits per heavy atom. The van der Waals surface area contributed by atoms with E-state index in [9.17, 15) is 9.59 Å². The molecule has 2 N–H and O–H groups in total. The monoisotopic (exact) mass is 623 g/mol. The van der Waals surface area contributed by atoms with Crippen LogP contribution in [0.2, 0.25) is 0 Å². The molecular weight excluding hydrogens is 578 g/mol. The van der Waals surface area contributed by atoms with Crippen molar-refractivity contribution in [1.29, 1.82) is 0 Å². The molecule has 1 aromatic heterocycles. The first-order valence-corrected chi connectivity index (χ1v) is 15.8. The Kier molecular flexibility index (Phi) is 10.1. The van der Waals surface area contributed by atoms with E-state index in [0.717, 1.165) is 55.0 Å². The molecule has 9 heteroatoms. The molecule has 46 heavy (non-hydrogen) atoms. The number of anilines is 2. The predicted octanol–water partition coefficient (Wildman–Crippen LogP) is 7.28. The van der Waals surface area contributed by atoms with Gasteiger partial charge in [-0.3, -0.25) is 15.0 Å². The summed E-state index contributed by atoms with van der Waals surface area (Å²) in [5, 5.41) is 10.8. The van der Waals surface area contributed by atoms with Crippen LogP contribution in [0.5, 0.6) is 11.5 Å². The highest BCUT2D eigenvalue weighted by Gasteiger charge is 2.24. The first kappa shape index (κ1) is 32.8. The number of carbonyl (C=O) groups excluding carboxylic acids is 2. The Bertz CT molecular complexity index is 1660. The number of ketones is 1. The average Bonchev–Trinajstić information content (AvgIpc) is 3.46. The van der Waals surface area contributed by atoms with E-state index in [1.807, 2.05) is 55.5 Å². The molecule has 0 atom stereocenters. The molecule has 1 saturated heterocycles. The molecule has 1 fully saturated rings. The first-order valence-electron chi connectivity index (χ1n) is 15.8. The number of amides is 2. The highest BCUT2D eigenvalue weighted by Crippen LogP contribution is 2.29. The summed E-state index contributed by atoms with van der Waals surface area (Å²) in [4.78, 5) is 28.4. The predicted molar refractivity (Wildman–Crippen MR) is 183 cm³/mol. The quantitative estimate of drug-likeness (QED) is 0.180. The van der Waals surface area contributed by atoms with Gasteiger partial charge in [0, 0.05) is 23.2 Å². The van der Waals surface area contributed by atoms with Gasteiger partial charge >= 0.3 is 6.03 Å². The molecule has 1 aliphatic rings. The zero-order chi connectivity index (χ0) is 32.8. The van der Waals surface area contributed by atoms with Gasteiger partial charge in [-0.05, 0) is 87.2 Å². The summed E-state index contributed by atoms with van der Waals surface area (Å²) >= 11 is 0. The van der Waals surface area contributed by atoms with Gasteiger partial charge in [-0.1, -0.05) is 50.6 Å². The molecule has 0 spiro atoms. The summed E-state index contributed by atoms with van der Waals surface area (Å²) in [5.41, 5.74) is 5.25. The molecule has 0 radical (unpaired) electrons. The van der Waals surface area contributed by atoms with E-state index in [-0.39, 0.29) is 17.2 Å². The fraction of sp³-hybridized carbons (Fsp3) is 0.378. The maximum absolute atomic E-state index is 13.2. The number of Topliss-reactive ketones (excluding diaryl/α,β-unsaturated/α-hetero) is 1. The molecule has 0 saturated carbocycles. The molecule has 3 aromatic carbocycles. The van der Waals surface area contributed by atoms with Crippen molar-refractivity contribution >= 4 is 23.3 Å². The van der Waals surface area contributed by atoms with Crippen molar-refractivity contribution in [3.8, 4) is 17.2 Å². The standard InChI is InChI=1S/C37H45N5O4/c1-25-10-12-29(13-11-25)42-35(23-34(40-42)37(2,3)4)39-36(44)38-28-9-7-8-27(21-28)20-26-16-18-41(19-17-26)24-32(43)31-15-14-30(45-5)22-33(31)46-6/h7-15,21-23,26H,16-20,24H2,1-6H3,(H2,38,39,44). The SMILES string of the molecule is COc1ccc(C(=O)CN2CCC(Cc3cccc(NC(=O)Nc4cc(C(C)(C)C)nn4-c4ccc(C)cc4)c3)CC2)c(OC)c1. The number of methoxy groups -OCH3 is 2. The Labute approximate surface area is 271 Å². The van der Waals surface area contributed by atoms with Gasteiger partial charge < -0.3 is 14.8 Å². The first-order chi connectivity index (χ1) is 22.0. The number of benzene rings is 3. The minimum Gasteiger partial charge on any atom is -0.497 e. The third-order valence-corrected chi connectivity index (χ3v) is 8.49. The second-order valence-corrected chi connectivity index (χ2v) is 13.1. The normalized spacial score (nSPS) is 14.1. The van der Waals surface area contributed by atoms with Gasteiger partial charge in [0.1, 0.15) is 17.3 Å². The third kappa shape index (κ3) is 8.14. The van der Waals surface area contributed by atoms with Crippen LogP contribution in [0.15, 0.2) is 72.8 Å². The number of hydrogen-bond acceptors (Lipinski definition) is 6. The lowest BCUT2D eigenvalue weighted by Crippen LogP contribution is -2.37. The van der Waals surface area contributed by atoms with Crippen molar-refractivity contribution in [1.82, 2.24) is 14.7 Å². The number of nitrogens with zero attached hydrogens (tertiary/aromatic N) is 3. The minimum atomic E-state index is -0.322. The third-order valence-electron chi connectivity index (χ3n) is 8.49. The van der Waals surface area contributed by atoms with Gasteiger partial charge in [0.05, 0.1) is 37.7 Å². The van der Waals surface area contributed by atoms with E-state index in [0.29, 0.717) is 35.3 Å². The van der Waals surface area contributed by atoms with Crippen molar-refractivity contribution in [2.45, 2.75) is 52.4 Å². The van der Waals surface area contributed by atoms with Crippen LogP contribution in [0.3, 0.4) is 0 Å². The van der Waals surface area contributed by atoms with Crippen LogP contribution in [-0.4, -0.2) is 60.3 Å². The highest BCUT2D eigenvalue weighted by molar-refractivity contribution is 6.00. The summed E-state index contributed by atoms with van der Waals surface area (Å²) in [7, 11) is 3.16. The summed E-state index contributed by atoms with van der Waals surface area (Å²) < 4.78 is 12.5. The maximum Gasteiger partial charge on any atom is 0.324 e. The fourth-order valence-corrected chi connectivity index (χ4v) is 5.77. The number of hydrogen-bond donors (Lipinski definition) is 2. The van der Waals surface area contributed by atoms with Crippen LogP contribution in [0.25, 0.3) is 5.69 Å². The van der Waals surface area contributed by atoms with E-state index < -0.39 is 0 Å². The number of aromatic nitrogens is 2.